The Kier molecular flexibility index (Phi) is 23.8. The monoisotopic (exact) mass is 647 g/mol. The van der Waals surface area contributed by atoms with E-state index in [2.05, 4.69) is 40.9 Å². The van der Waals surface area contributed by atoms with Gasteiger partial charge in [-0.3, -0.25) is 0 Å². The van der Waals surface area contributed by atoms with Crippen molar-refractivity contribution in [3.05, 3.63) is 25.3 Å². The molecule has 0 rings (SSSR count). The summed E-state index contributed by atoms with van der Waals surface area (Å²) in [7, 11) is 0. The van der Waals surface area contributed by atoms with Gasteiger partial charge < -0.3 is 49.1 Å². The van der Waals surface area contributed by atoms with Crippen LogP contribution in [0.2, 0.25) is 0 Å². The van der Waals surface area contributed by atoms with Gasteiger partial charge in [0, 0.05) is 25.2 Å². The molecule has 0 fully saturated rings. The highest BCUT2D eigenvalue weighted by Gasteiger charge is 2.44. The maximum Gasteiger partial charge on any atom is 0.101 e. The lowest BCUT2D eigenvalue weighted by atomic mass is 9.70. The normalized spacial score (nSPS) is 17.6. The highest BCUT2D eigenvalue weighted by molar-refractivity contribution is 4.95. The zero-order chi connectivity index (χ0) is 34.2. The zero-order valence-electron chi connectivity index (χ0n) is 29.8. The molecule has 0 aliphatic heterocycles. The molecule has 0 aromatic heterocycles. The second-order valence-corrected chi connectivity index (χ2v) is 13.2. The minimum atomic E-state index is -0.671. The summed E-state index contributed by atoms with van der Waals surface area (Å²) >= 11 is 0. The van der Waals surface area contributed by atoms with Gasteiger partial charge in [0.25, 0.3) is 0 Å². The van der Waals surface area contributed by atoms with Crippen LogP contribution in [0.5, 0.6) is 0 Å². The van der Waals surface area contributed by atoms with Crippen LogP contribution in [0.4, 0.5) is 0 Å². The molecule has 268 valence electrons. The Morgan fingerprint density at radius 3 is 1.62 bits per heavy atom. The number of hydrogen-bond acceptors (Lipinski definition) is 10. The zero-order valence-corrected chi connectivity index (χ0v) is 29.8. The molecule has 10 nitrogen and oxygen atoms in total. The van der Waals surface area contributed by atoms with Gasteiger partial charge in [-0.1, -0.05) is 32.9 Å². The van der Waals surface area contributed by atoms with Crippen molar-refractivity contribution in [3.8, 4) is 0 Å². The Hall–Kier alpha value is -0.920. The molecule has 0 aromatic carbocycles. The molecule has 0 radical (unpaired) electrons. The lowest BCUT2D eigenvalue weighted by molar-refractivity contribution is -0.183. The summed E-state index contributed by atoms with van der Waals surface area (Å²) in [6.07, 6.45) is 6.74. The number of aliphatic hydroxyl groups excluding tert-OH is 2. The summed E-state index contributed by atoms with van der Waals surface area (Å²) in [5.74, 6) is 0. The first-order chi connectivity index (χ1) is 21.3. The van der Waals surface area contributed by atoms with Crippen LogP contribution in [0, 0.1) is 5.41 Å². The molecule has 0 bridgehead atoms. The molecular weight excluding hydrogens is 578 g/mol. The first kappa shape index (κ1) is 44.1. The summed E-state index contributed by atoms with van der Waals surface area (Å²) in [6, 6.07) is 0. The van der Waals surface area contributed by atoms with Crippen LogP contribution in [-0.2, 0) is 33.2 Å². The minimum absolute atomic E-state index is 0.195. The number of rotatable bonds is 32. The first-order valence-corrected chi connectivity index (χ1v) is 16.8. The fraction of sp³-hybridized carbons (Fsp3) is 0.886. The van der Waals surface area contributed by atoms with Crippen molar-refractivity contribution in [2.24, 2.45) is 11.1 Å². The van der Waals surface area contributed by atoms with Crippen LogP contribution in [0.25, 0.3) is 0 Å². The van der Waals surface area contributed by atoms with Crippen LogP contribution >= 0.6 is 0 Å². The quantitative estimate of drug-likeness (QED) is 0.0689. The van der Waals surface area contributed by atoms with E-state index < -0.39 is 29.0 Å². The topological polar surface area (TPSA) is 131 Å². The van der Waals surface area contributed by atoms with Crippen molar-refractivity contribution in [1.82, 2.24) is 0 Å². The van der Waals surface area contributed by atoms with E-state index in [-0.39, 0.29) is 31.8 Å². The molecule has 0 saturated carbocycles. The summed E-state index contributed by atoms with van der Waals surface area (Å²) in [6.45, 7) is 26.6. The van der Waals surface area contributed by atoms with Gasteiger partial charge in [-0.15, -0.1) is 13.2 Å². The van der Waals surface area contributed by atoms with Gasteiger partial charge in [0.15, 0.2) is 0 Å². The van der Waals surface area contributed by atoms with Crippen LogP contribution in [0.15, 0.2) is 25.3 Å². The highest BCUT2D eigenvalue weighted by atomic mass is 16.6. The maximum atomic E-state index is 10.0. The number of ether oxygens (including phenoxy) is 7. The summed E-state index contributed by atoms with van der Waals surface area (Å²) in [4.78, 5) is 0. The van der Waals surface area contributed by atoms with Crippen LogP contribution in [0.1, 0.15) is 87.0 Å². The predicted molar refractivity (Wildman–Crippen MR) is 181 cm³/mol. The minimum Gasteiger partial charge on any atom is -0.388 e. The average Bonchev–Trinajstić information content (AvgIpc) is 3.02. The largest absolute Gasteiger partial charge is 0.388 e. The van der Waals surface area contributed by atoms with Gasteiger partial charge in [-0.25, -0.2) is 0 Å². The van der Waals surface area contributed by atoms with E-state index in [9.17, 15) is 10.2 Å². The van der Waals surface area contributed by atoms with Gasteiger partial charge in [0.1, 0.15) is 12.2 Å². The third kappa shape index (κ3) is 19.5. The lowest BCUT2D eigenvalue weighted by Gasteiger charge is -2.47. The molecule has 0 aromatic rings. The van der Waals surface area contributed by atoms with Gasteiger partial charge in [-0.05, 0) is 66.2 Å². The van der Waals surface area contributed by atoms with E-state index in [4.69, 9.17) is 38.9 Å². The van der Waals surface area contributed by atoms with E-state index in [0.29, 0.717) is 59.2 Å². The molecule has 0 heterocycles. The molecule has 5 unspecified atom stereocenters. The van der Waals surface area contributed by atoms with E-state index in [1.54, 1.807) is 12.2 Å². The Bertz CT molecular complexity index is 755. The number of nitrogens with two attached hydrogens (primary N) is 1. The van der Waals surface area contributed by atoms with Gasteiger partial charge in [0.05, 0.1) is 76.3 Å². The van der Waals surface area contributed by atoms with Gasteiger partial charge >= 0.3 is 0 Å². The second-order valence-electron chi connectivity index (χ2n) is 13.2. The highest BCUT2D eigenvalue weighted by Crippen LogP contribution is 2.40. The van der Waals surface area contributed by atoms with Gasteiger partial charge in [0.2, 0.25) is 0 Å². The fourth-order valence-corrected chi connectivity index (χ4v) is 4.44. The Balaban J connectivity index is 4.69. The van der Waals surface area contributed by atoms with Crippen LogP contribution in [0.3, 0.4) is 0 Å². The third-order valence-electron chi connectivity index (χ3n) is 8.69. The molecule has 45 heavy (non-hydrogen) atoms. The molecule has 5 atom stereocenters. The molecule has 10 heteroatoms. The molecule has 0 aliphatic rings. The van der Waals surface area contributed by atoms with E-state index in [0.717, 1.165) is 32.1 Å². The molecule has 4 N–H and O–H groups in total. The Labute approximate surface area is 274 Å². The third-order valence-corrected chi connectivity index (χ3v) is 8.69. The Morgan fingerprint density at radius 2 is 1.16 bits per heavy atom. The van der Waals surface area contributed by atoms with Crippen molar-refractivity contribution >= 4 is 0 Å². The summed E-state index contributed by atoms with van der Waals surface area (Å²) < 4.78 is 41.2. The summed E-state index contributed by atoms with van der Waals surface area (Å²) in [5.41, 5.74) is 4.67. The van der Waals surface area contributed by atoms with Crippen molar-refractivity contribution in [2.75, 3.05) is 79.2 Å². The van der Waals surface area contributed by atoms with Crippen molar-refractivity contribution in [2.45, 2.75) is 116 Å². The van der Waals surface area contributed by atoms with E-state index >= 15 is 0 Å². The van der Waals surface area contributed by atoms with Crippen molar-refractivity contribution in [3.63, 3.8) is 0 Å². The predicted octanol–water partition coefficient (Wildman–Crippen LogP) is 4.84. The molecule has 0 spiro atoms. The smallest absolute Gasteiger partial charge is 0.101 e. The standard InChI is InChI=1S/C35H69NO9/c1-10-14-18-39-24-30(37)26-41-20-16-32(5,6)43-21-17-33(7,28-36)35(9,13-4)45-29-34(8,12-3)44-23-22-42-27-31(38)25-40-19-15-11-2/h10-11,30-31,37-38H,1-2,12-29,36H2,3-9H3. The lowest BCUT2D eigenvalue weighted by Crippen LogP contribution is -2.53. The Morgan fingerprint density at radius 1 is 0.644 bits per heavy atom. The molecular formula is C35H69NO9. The SMILES string of the molecule is C=CCCOCC(O)COCCOC(C)(CC)COC(C)(CC)C(C)(CN)CCOC(C)(C)CCOCC(O)COCCC=C. The second kappa shape index (κ2) is 24.3. The first-order valence-electron chi connectivity index (χ1n) is 16.8. The average molecular weight is 648 g/mol. The number of hydrogen-bond donors (Lipinski definition) is 3. The fourth-order valence-electron chi connectivity index (χ4n) is 4.44. The van der Waals surface area contributed by atoms with Crippen LogP contribution < -0.4 is 5.73 Å². The maximum absolute atomic E-state index is 10.0. The van der Waals surface area contributed by atoms with Crippen LogP contribution in [-0.4, -0.2) is 118 Å². The van der Waals surface area contributed by atoms with Crippen molar-refractivity contribution < 1.29 is 43.4 Å². The molecule has 0 aliphatic carbocycles. The molecule has 0 amide bonds. The number of aliphatic hydroxyl groups is 2. The van der Waals surface area contributed by atoms with E-state index in [1.165, 1.54) is 0 Å². The summed E-state index contributed by atoms with van der Waals surface area (Å²) in [5, 5.41) is 20.0. The van der Waals surface area contributed by atoms with Crippen molar-refractivity contribution in [1.29, 1.82) is 0 Å². The van der Waals surface area contributed by atoms with E-state index in [1.807, 2.05) is 20.8 Å². The van der Waals surface area contributed by atoms with Gasteiger partial charge in [-0.2, -0.15) is 0 Å². The molecule has 0 saturated heterocycles.